The second-order valence-corrected chi connectivity index (χ2v) is 6.24. The maximum atomic E-state index is 5.64. The van der Waals surface area contributed by atoms with Gasteiger partial charge in [0, 0.05) is 5.56 Å². The van der Waals surface area contributed by atoms with Crippen LogP contribution in [0.1, 0.15) is 5.56 Å². The Kier molecular flexibility index (Phi) is 4.77. The summed E-state index contributed by atoms with van der Waals surface area (Å²) in [7, 11) is 2.33. The number of hydrogen-bond acceptors (Lipinski definition) is 5. The van der Waals surface area contributed by atoms with E-state index >= 15 is 0 Å². The van der Waals surface area contributed by atoms with E-state index in [1.165, 1.54) is 0 Å². The first-order valence-electron chi connectivity index (χ1n) is 4.51. The van der Waals surface area contributed by atoms with Gasteiger partial charge in [0.05, 0.1) is 13.7 Å². The van der Waals surface area contributed by atoms with Crippen LogP contribution in [-0.4, -0.2) is 7.11 Å². The number of nitrogens with one attached hydrogen (secondary N) is 1. The molecule has 1 heterocycles. The Bertz CT molecular complexity index is 413. The molecule has 1 N–H and O–H groups in total. The smallest absolute Gasteiger partial charge is 0.250 e. The molecule has 1 atom stereocenters. The minimum atomic E-state index is -0.912. The van der Waals surface area contributed by atoms with Gasteiger partial charge in [-0.25, -0.2) is 0 Å². The first-order valence-corrected chi connectivity index (χ1v) is 7.37. The van der Waals surface area contributed by atoms with Crippen molar-refractivity contribution in [2.24, 2.45) is 9.03 Å². The van der Waals surface area contributed by atoms with Crippen LogP contribution in [0.5, 0.6) is 5.75 Å². The molecule has 0 saturated heterocycles. The molecule has 2 rings (SSSR count). The van der Waals surface area contributed by atoms with Crippen molar-refractivity contribution in [1.82, 2.24) is 4.86 Å². The number of benzene rings is 1. The molecule has 1 aromatic carbocycles. The summed E-state index contributed by atoms with van der Waals surface area (Å²) in [4.78, 5) is 3.06. The quantitative estimate of drug-likeness (QED) is 0.839. The Morgan fingerprint density at radius 1 is 1.44 bits per heavy atom. The van der Waals surface area contributed by atoms with Crippen molar-refractivity contribution in [3.8, 4) is 5.75 Å². The highest BCUT2D eigenvalue weighted by Gasteiger charge is 2.10. The number of rotatable bonds is 4. The average Bonchev–Trinajstić information content (AvgIpc) is 2.38. The Morgan fingerprint density at radius 3 is 3.06 bits per heavy atom. The molecule has 8 heteroatoms. The number of methoxy groups -OCH3 is 1. The Balaban J connectivity index is 1.94. The third kappa shape index (κ3) is 3.28. The fourth-order valence-corrected chi connectivity index (χ4v) is 4.12. The molecule has 0 fully saturated rings. The summed E-state index contributed by atoms with van der Waals surface area (Å²) in [6, 6.07) is 7.81. The fourth-order valence-electron chi connectivity index (χ4n) is 1.16. The van der Waals surface area contributed by atoms with Crippen LogP contribution in [-0.2, 0) is 11.1 Å². The molecule has 5 nitrogen and oxygen atoms in total. The molecule has 16 heavy (non-hydrogen) atoms. The summed E-state index contributed by atoms with van der Waals surface area (Å²) < 4.78 is 19.1. The Morgan fingerprint density at radius 2 is 2.31 bits per heavy atom. The van der Waals surface area contributed by atoms with Gasteiger partial charge >= 0.3 is 0 Å². The van der Waals surface area contributed by atoms with Gasteiger partial charge in [0.15, 0.2) is 8.52 Å². The van der Waals surface area contributed by atoms with Crippen molar-refractivity contribution >= 4 is 25.5 Å². The maximum Gasteiger partial charge on any atom is 0.250 e. The minimum Gasteiger partial charge on any atom is -0.496 e. The fraction of sp³-hybridized carbons (Fsp3) is 0.250. The van der Waals surface area contributed by atoms with Gasteiger partial charge in [0.1, 0.15) is 14.3 Å². The van der Waals surface area contributed by atoms with E-state index in [2.05, 4.69) is 13.9 Å². The largest absolute Gasteiger partial charge is 0.496 e. The van der Waals surface area contributed by atoms with Gasteiger partial charge in [-0.2, -0.15) is 13.9 Å². The van der Waals surface area contributed by atoms with E-state index in [-0.39, 0.29) is 0 Å². The number of nitrogens with zero attached hydrogens (tertiary/aromatic N) is 2. The highest BCUT2D eigenvalue weighted by atomic mass is 31.2. The van der Waals surface area contributed by atoms with Crippen molar-refractivity contribution in [1.29, 1.82) is 0 Å². The monoisotopic (exact) mass is 273 g/mol. The van der Waals surface area contributed by atoms with Gasteiger partial charge in [-0.1, -0.05) is 18.2 Å². The molecule has 0 bridgehead atoms. The predicted molar refractivity (Wildman–Crippen MR) is 66.5 cm³/mol. The van der Waals surface area contributed by atoms with Crippen LogP contribution in [0.3, 0.4) is 0 Å². The molecule has 1 aliphatic rings. The van der Waals surface area contributed by atoms with Gasteiger partial charge in [-0.15, -0.1) is 0 Å². The molecule has 0 spiro atoms. The SMILES string of the molecule is COc1ccccc1COP1N=PN=PN1. The molecule has 1 aromatic rings. The predicted octanol–water partition coefficient (Wildman–Crippen LogP) is 4.13. The van der Waals surface area contributed by atoms with Gasteiger partial charge in [0.25, 0.3) is 8.45 Å². The van der Waals surface area contributed by atoms with Crippen LogP contribution in [0.25, 0.3) is 0 Å². The van der Waals surface area contributed by atoms with E-state index in [1.807, 2.05) is 24.3 Å². The standard InChI is InChI=1S/C8H10N3O2P3/c1-12-8-5-3-2-4-7(8)6-13-16-10-14-9-15-11-16/h2-5H,6H2,1H3,(H,9,10,11). The average molecular weight is 273 g/mol. The molecule has 0 radical (unpaired) electrons. The first-order chi connectivity index (χ1) is 7.90. The van der Waals surface area contributed by atoms with Crippen LogP contribution in [0.4, 0.5) is 0 Å². The lowest BCUT2D eigenvalue weighted by Gasteiger charge is -2.13. The Labute approximate surface area is 98.4 Å². The summed E-state index contributed by atoms with van der Waals surface area (Å²) in [6.45, 7) is 0.497. The van der Waals surface area contributed by atoms with Crippen LogP contribution >= 0.6 is 25.5 Å². The molecule has 0 saturated carbocycles. The number of ether oxygens (including phenoxy) is 1. The Hall–Kier alpha value is -0.430. The lowest BCUT2D eigenvalue weighted by molar-refractivity contribution is 0.325. The zero-order valence-electron chi connectivity index (χ0n) is 8.57. The van der Waals surface area contributed by atoms with E-state index in [0.29, 0.717) is 6.61 Å². The van der Waals surface area contributed by atoms with Crippen molar-refractivity contribution in [2.75, 3.05) is 7.11 Å². The molecular formula is C8H10N3O2P3. The van der Waals surface area contributed by atoms with E-state index < -0.39 is 8.45 Å². The number of para-hydroxylation sites is 1. The van der Waals surface area contributed by atoms with Crippen molar-refractivity contribution in [2.45, 2.75) is 6.61 Å². The van der Waals surface area contributed by atoms with Crippen molar-refractivity contribution in [3.63, 3.8) is 0 Å². The normalized spacial score (nSPS) is 20.7. The van der Waals surface area contributed by atoms with Gasteiger partial charge in [0.2, 0.25) is 0 Å². The minimum absolute atomic E-state index is 0.497. The third-order valence-electron chi connectivity index (χ3n) is 1.87. The highest BCUT2D eigenvalue weighted by molar-refractivity contribution is 7.63. The molecule has 0 aliphatic carbocycles. The molecule has 0 aromatic heterocycles. The summed E-state index contributed by atoms with van der Waals surface area (Å²) in [5.41, 5.74) is 1.03. The van der Waals surface area contributed by atoms with Crippen LogP contribution in [0.15, 0.2) is 33.3 Å². The zero-order valence-corrected chi connectivity index (χ0v) is 11.3. The van der Waals surface area contributed by atoms with Crippen LogP contribution in [0, 0.1) is 0 Å². The van der Waals surface area contributed by atoms with Gasteiger partial charge in [-0.05, 0) is 6.07 Å². The van der Waals surface area contributed by atoms with Crippen LogP contribution in [0.2, 0.25) is 0 Å². The maximum absolute atomic E-state index is 5.64. The molecule has 1 aliphatic heterocycles. The third-order valence-corrected chi connectivity index (χ3v) is 4.93. The van der Waals surface area contributed by atoms with Crippen molar-refractivity contribution < 1.29 is 9.26 Å². The molecule has 1 unspecified atom stereocenters. The zero-order chi connectivity index (χ0) is 11.2. The van der Waals surface area contributed by atoms with Gasteiger partial charge < -0.3 is 9.26 Å². The van der Waals surface area contributed by atoms with E-state index in [0.717, 1.165) is 28.4 Å². The molecular weight excluding hydrogens is 263 g/mol. The summed E-state index contributed by atoms with van der Waals surface area (Å²) in [5, 5.41) is 0. The summed E-state index contributed by atoms with van der Waals surface area (Å²) >= 11 is 0. The lowest BCUT2D eigenvalue weighted by atomic mass is 10.2. The summed E-state index contributed by atoms with van der Waals surface area (Å²) in [5.74, 6) is 0.842. The van der Waals surface area contributed by atoms with Crippen LogP contribution < -0.4 is 9.59 Å². The second-order valence-electron chi connectivity index (χ2n) is 2.83. The topological polar surface area (TPSA) is 55.2 Å². The number of hydrogen-bond donors (Lipinski definition) is 1. The molecule has 84 valence electrons. The first kappa shape index (κ1) is 12.0. The molecule has 0 amide bonds. The van der Waals surface area contributed by atoms with E-state index in [9.17, 15) is 0 Å². The van der Waals surface area contributed by atoms with E-state index in [1.54, 1.807) is 7.11 Å². The second kappa shape index (κ2) is 6.34. The van der Waals surface area contributed by atoms with E-state index in [4.69, 9.17) is 9.26 Å². The van der Waals surface area contributed by atoms with Gasteiger partial charge in [-0.3, -0.25) is 0 Å². The van der Waals surface area contributed by atoms with Crippen molar-refractivity contribution in [3.05, 3.63) is 29.8 Å². The summed E-state index contributed by atoms with van der Waals surface area (Å²) in [6.07, 6.45) is 0. The highest BCUT2D eigenvalue weighted by Crippen LogP contribution is 2.45. The lowest BCUT2D eigenvalue weighted by Crippen LogP contribution is -1.97.